The summed E-state index contributed by atoms with van der Waals surface area (Å²) in [5.74, 6) is 0.00667. The highest BCUT2D eigenvalue weighted by molar-refractivity contribution is 7.99. The molecule has 2 heterocycles. The van der Waals surface area contributed by atoms with Gasteiger partial charge in [0.15, 0.2) is 6.29 Å². The maximum absolute atomic E-state index is 12.4. The molecule has 1 aromatic heterocycles. The van der Waals surface area contributed by atoms with E-state index in [4.69, 9.17) is 14.7 Å². The van der Waals surface area contributed by atoms with Crippen molar-refractivity contribution in [2.24, 2.45) is 0 Å². The summed E-state index contributed by atoms with van der Waals surface area (Å²) in [6.45, 7) is 0.282. The van der Waals surface area contributed by atoms with E-state index >= 15 is 0 Å². The van der Waals surface area contributed by atoms with Crippen LogP contribution in [0.25, 0.3) is 16.8 Å². The minimum atomic E-state index is -0.656. The smallest absolute Gasteiger partial charge is 0.243 e. The number of aliphatic hydroxyl groups is 1. The number of ether oxygens (including phenoxy) is 2. The van der Waals surface area contributed by atoms with Gasteiger partial charge in [0.1, 0.15) is 5.75 Å². The summed E-state index contributed by atoms with van der Waals surface area (Å²) in [6.07, 6.45) is 0.0253. The Morgan fingerprint density at radius 1 is 0.882 bits per heavy atom. The first-order chi connectivity index (χ1) is 24.9. The van der Waals surface area contributed by atoms with E-state index in [1.54, 1.807) is 34.4 Å². The maximum atomic E-state index is 12.4. The molecule has 1 aliphatic rings. The van der Waals surface area contributed by atoms with Gasteiger partial charge >= 0.3 is 0 Å². The highest BCUT2D eigenvalue weighted by atomic mass is 32.2. The number of aromatic hydroxyl groups is 1. The lowest BCUT2D eigenvalue weighted by Crippen LogP contribution is -2.31. The van der Waals surface area contributed by atoms with Crippen LogP contribution >= 0.6 is 11.8 Å². The number of tetrazole rings is 1. The van der Waals surface area contributed by atoms with Crippen LogP contribution < -0.4 is 10.8 Å². The van der Waals surface area contributed by atoms with Crippen molar-refractivity contribution in [3.63, 3.8) is 0 Å². The van der Waals surface area contributed by atoms with Gasteiger partial charge in [-0.05, 0) is 68.9 Å². The van der Waals surface area contributed by atoms with Crippen molar-refractivity contribution in [1.82, 2.24) is 31.0 Å². The molecule has 13 nitrogen and oxygen atoms in total. The fraction of sp³-hybridized carbons (Fsp3) is 0.270. The molecule has 264 valence electrons. The molecule has 1 fully saturated rings. The predicted octanol–water partition coefficient (Wildman–Crippen LogP) is 5.16. The number of amides is 2. The molecule has 51 heavy (non-hydrogen) atoms. The minimum absolute atomic E-state index is 0.0418. The monoisotopic (exact) mass is 710 g/mol. The van der Waals surface area contributed by atoms with Crippen molar-refractivity contribution in [1.29, 1.82) is 0 Å². The number of rotatable bonds is 14. The van der Waals surface area contributed by atoms with Gasteiger partial charge in [-0.1, -0.05) is 84.6 Å². The van der Waals surface area contributed by atoms with Crippen molar-refractivity contribution in [2.45, 2.75) is 62.5 Å². The molecule has 5 N–H and O–H groups in total. The fourth-order valence-electron chi connectivity index (χ4n) is 5.74. The van der Waals surface area contributed by atoms with Gasteiger partial charge in [0.05, 0.1) is 24.5 Å². The lowest BCUT2D eigenvalue weighted by atomic mass is 9.97. The normalized spacial score (nSPS) is 17.2. The first kappa shape index (κ1) is 35.7. The number of phenols is 1. The zero-order chi connectivity index (χ0) is 35.6. The summed E-state index contributed by atoms with van der Waals surface area (Å²) in [4.78, 5) is 23.6. The lowest BCUT2D eigenvalue weighted by molar-refractivity contribution is -0.245. The summed E-state index contributed by atoms with van der Waals surface area (Å²) < 4.78 is 14.7. The third kappa shape index (κ3) is 9.36. The second-order valence-corrected chi connectivity index (χ2v) is 13.0. The van der Waals surface area contributed by atoms with Crippen LogP contribution in [0.5, 0.6) is 5.75 Å². The SMILES string of the molecule is O=C(CCCC(=O)NCc1ccccc1-c1ccc(C2OC(CSc3nnnn3-c3ccc(O)cc3)CC(c3ccc(CO)cc3)O2)cc1)NO. The van der Waals surface area contributed by atoms with E-state index in [2.05, 4.69) is 20.8 Å². The summed E-state index contributed by atoms with van der Waals surface area (Å²) in [5, 5.41) is 43.6. The lowest BCUT2D eigenvalue weighted by Gasteiger charge is -2.36. The van der Waals surface area contributed by atoms with E-state index in [9.17, 15) is 19.8 Å². The van der Waals surface area contributed by atoms with Gasteiger partial charge in [0, 0.05) is 37.1 Å². The van der Waals surface area contributed by atoms with Crippen molar-refractivity contribution in [3.05, 3.63) is 119 Å². The second-order valence-electron chi connectivity index (χ2n) is 12.0. The molecule has 0 saturated carbocycles. The molecule has 0 spiro atoms. The molecular formula is C37H38N6O7S. The molecule has 0 aliphatic carbocycles. The second kappa shape index (κ2) is 17.2. The predicted molar refractivity (Wildman–Crippen MR) is 187 cm³/mol. The number of hydroxylamine groups is 1. The quantitative estimate of drug-likeness (QED) is 0.0584. The van der Waals surface area contributed by atoms with Gasteiger partial charge in [-0.25, -0.2) is 5.48 Å². The van der Waals surface area contributed by atoms with Crippen LogP contribution in [0.2, 0.25) is 0 Å². The Labute approximate surface area is 298 Å². The number of nitrogens with one attached hydrogen (secondary N) is 2. The number of benzene rings is 4. The zero-order valence-corrected chi connectivity index (χ0v) is 28.4. The molecule has 3 unspecified atom stereocenters. The molecule has 1 aliphatic heterocycles. The standard InChI is InChI=1S/C37H38N6O7S/c44-22-24-8-10-26(11-9-24)33-20-31(23-51-37-39-41-42-43(37)29-16-18-30(45)19-17-29)49-36(50-33)27-14-12-25(13-15-27)32-5-2-1-4-28(32)21-38-34(46)6-3-7-35(47)40-48/h1-2,4-5,8-19,31,33,36,44-45,48H,3,6-7,20-23H2,(H,38,46)(H,40,47). The number of hydrogen-bond donors (Lipinski definition) is 5. The molecule has 1 saturated heterocycles. The highest BCUT2D eigenvalue weighted by Gasteiger charge is 2.33. The van der Waals surface area contributed by atoms with Crippen molar-refractivity contribution < 1.29 is 34.5 Å². The highest BCUT2D eigenvalue weighted by Crippen LogP contribution is 2.40. The van der Waals surface area contributed by atoms with Crippen molar-refractivity contribution >= 4 is 23.6 Å². The Balaban J connectivity index is 1.16. The topological polar surface area (TPSA) is 181 Å². The van der Waals surface area contributed by atoms with Crippen LogP contribution in [0.4, 0.5) is 0 Å². The Morgan fingerprint density at radius 2 is 1.61 bits per heavy atom. The summed E-state index contributed by atoms with van der Waals surface area (Å²) in [6, 6.07) is 30.2. The Morgan fingerprint density at radius 3 is 2.35 bits per heavy atom. The Kier molecular flexibility index (Phi) is 12.0. The van der Waals surface area contributed by atoms with Crippen LogP contribution in [-0.4, -0.2) is 59.3 Å². The Bertz CT molecular complexity index is 1900. The Hall–Kier alpha value is -5.12. The molecular weight excluding hydrogens is 673 g/mol. The largest absolute Gasteiger partial charge is 0.508 e. The molecule has 5 aromatic rings. The van der Waals surface area contributed by atoms with Gasteiger partial charge in [0.2, 0.25) is 17.0 Å². The van der Waals surface area contributed by atoms with Gasteiger partial charge < -0.3 is 25.0 Å². The molecule has 6 rings (SSSR count). The van der Waals surface area contributed by atoms with E-state index in [1.165, 1.54) is 11.8 Å². The summed E-state index contributed by atoms with van der Waals surface area (Å²) in [5.41, 5.74) is 7.81. The number of nitrogens with zero attached hydrogens (tertiary/aromatic N) is 4. The molecule has 4 aromatic carbocycles. The molecule has 3 atom stereocenters. The maximum Gasteiger partial charge on any atom is 0.243 e. The fourth-order valence-corrected chi connectivity index (χ4v) is 6.65. The third-order valence-corrected chi connectivity index (χ3v) is 9.52. The third-order valence-electron chi connectivity index (χ3n) is 8.47. The number of thioether (sulfide) groups is 1. The van der Waals surface area contributed by atoms with E-state index < -0.39 is 12.2 Å². The van der Waals surface area contributed by atoms with Gasteiger partial charge in [-0.2, -0.15) is 4.68 Å². The summed E-state index contributed by atoms with van der Waals surface area (Å²) in [7, 11) is 0. The number of phenolic OH excluding ortho intramolecular Hbond substituents is 1. The number of aromatic nitrogens is 4. The van der Waals surface area contributed by atoms with E-state index in [0.29, 0.717) is 30.3 Å². The molecule has 2 amide bonds. The number of carbonyl (C=O) groups excluding carboxylic acids is 2. The zero-order valence-electron chi connectivity index (χ0n) is 27.6. The van der Waals surface area contributed by atoms with Gasteiger partial charge in [0.25, 0.3) is 0 Å². The van der Waals surface area contributed by atoms with E-state index in [1.807, 2.05) is 72.8 Å². The first-order valence-electron chi connectivity index (χ1n) is 16.5. The van der Waals surface area contributed by atoms with E-state index in [-0.39, 0.29) is 43.3 Å². The number of carbonyl (C=O) groups is 2. The van der Waals surface area contributed by atoms with Gasteiger partial charge in [-0.15, -0.1) is 5.10 Å². The van der Waals surface area contributed by atoms with Crippen molar-refractivity contribution in [3.8, 4) is 22.6 Å². The number of aliphatic hydroxyl groups excluding tert-OH is 1. The van der Waals surface area contributed by atoms with Crippen LogP contribution in [0.1, 0.15) is 60.3 Å². The summed E-state index contributed by atoms with van der Waals surface area (Å²) >= 11 is 1.47. The van der Waals surface area contributed by atoms with Crippen LogP contribution in [0.15, 0.2) is 102 Å². The first-order valence-corrected chi connectivity index (χ1v) is 17.5. The van der Waals surface area contributed by atoms with Crippen molar-refractivity contribution in [2.75, 3.05) is 5.75 Å². The van der Waals surface area contributed by atoms with Crippen LogP contribution in [0, 0.1) is 0 Å². The van der Waals surface area contributed by atoms with E-state index in [0.717, 1.165) is 39.1 Å². The average molecular weight is 711 g/mol. The van der Waals surface area contributed by atoms with Crippen LogP contribution in [0.3, 0.4) is 0 Å². The molecule has 14 heteroatoms. The number of hydrogen-bond acceptors (Lipinski definition) is 11. The minimum Gasteiger partial charge on any atom is -0.508 e. The molecule has 0 radical (unpaired) electrons. The molecule has 0 bridgehead atoms. The van der Waals surface area contributed by atoms with Crippen LogP contribution in [-0.2, 0) is 32.2 Å². The van der Waals surface area contributed by atoms with Gasteiger partial charge in [-0.3, -0.25) is 14.8 Å². The average Bonchev–Trinajstić information content (AvgIpc) is 3.65.